The Balaban J connectivity index is 1.40. The molecule has 0 aliphatic carbocycles. The van der Waals surface area contributed by atoms with Crippen LogP contribution in [-0.2, 0) is 19.0 Å². The van der Waals surface area contributed by atoms with Crippen molar-refractivity contribution in [3.05, 3.63) is 76.6 Å². The Bertz CT molecular complexity index is 1840. The first-order chi connectivity index (χ1) is 21.2. The minimum absolute atomic E-state index is 0.0180. The van der Waals surface area contributed by atoms with Gasteiger partial charge >= 0.3 is 17.9 Å². The average Bonchev–Trinajstić information content (AvgIpc) is 3.81. The van der Waals surface area contributed by atoms with Crippen molar-refractivity contribution < 1.29 is 42.2 Å². The number of hydrogen-bond donors (Lipinski definition) is 1. The smallest absolute Gasteiger partial charge is 0.348 e. The molecule has 4 aromatic heterocycles. The van der Waals surface area contributed by atoms with Crippen molar-refractivity contribution in [2.45, 2.75) is 33.3 Å². The number of benzene rings is 1. The molecule has 13 heteroatoms. The van der Waals surface area contributed by atoms with Gasteiger partial charge in [-0.15, -0.1) is 11.3 Å². The maximum Gasteiger partial charge on any atom is 0.348 e. The van der Waals surface area contributed by atoms with Gasteiger partial charge in [0.1, 0.15) is 21.3 Å². The van der Waals surface area contributed by atoms with Crippen molar-refractivity contribution >= 4 is 51.2 Å². The summed E-state index contributed by atoms with van der Waals surface area (Å²) < 4.78 is 26.6. The second-order valence-electron chi connectivity index (χ2n) is 9.34. The summed E-state index contributed by atoms with van der Waals surface area (Å²) in [6.07, 6.45) is 1.95. The quantitative estimate of drug-likeness (QED) is 0.143. The molecule has 1 N–H and O–H groups in total. The Labute approximate surface area is 255 Å². The number of esters is 3. The molecule has 1 unspecified atom stereocenters. The van der Waals surface area contributed by atoms with Crippen LogP contribution >= 0.6 is 11.3 Å². The largest absolute Gasteiger partial charge is 0.465 e. The highest BCUT2D eigenvalue weighted by atomic mass is 32.1. The molecule has 0 radical (unpaired) electrons. The first-order valence-corrected chi connectivity index (χ1v) is 14.4. The molecule has 0 fully saturated rings. The number of fused-ring (bicyclic) bond motifs is 1. The third kappa shape index (κ3) is 5.95. The number of nitrogens with one attached hydrogen (secondary N) is 1. The van der Waals surface area contributed by atoms with Gasteiger partial charge in [0, 0.05) is 0 Å². The van der Waals surface area contributed by atoms with E-state index in [0.717, 1.165) is 11.3 Å². The number of nitrogens with zero attached hydrogens (tertiary/aromatic N) is 2. The lowest BCUT2D eigenvalue weighted by molar-refractivity contribution is -0.124. The number of hydrogen-bond acceptors (Lipinski definition) is 12. The van der Waals surface area contributed by atoms with E-state index in [4.69, 9.17) is 28.0 Å². The van der Waals surface area contributed by atoms with E-state index in [2.05, 4.69) is 10.3 Å². The lowest BCUT2D eigenvalue weighted by atomic mass is 10.1. The van der Waals surface area contributed by atoms with Crippen molar-refractivity contribution in [3.63, 3.8) is 0 Å². The summed E-state index contributed by atoms with van der Waals surface area (Å²) in [5.41, 5.74) is 2.24. The van der Waals surface area contributed by atoms with E-state index in [1.807, 2.05) is 0 Å². The highest BCUT2D eigenvalue weighted by Crippen LogP contribution is 2.35. The maximum absolute atomic E-state index is 13.2. The van der Waals surface area contributed by atoms with Crippen LogP contribution in [0.25, 0.3) is 33.9 Å². The summed E-state index contributed by atoms with van der Waals surface area (Å²) >= 11 is 0.874. The van der Waals surface area contributed by atoms with Crippen LogP contribution in [0.1, 0.15) is 56.2 Å². The Morgan fingerprint density at radius 2 is 1.57 bits per heavy atom. The summed E-state index contributed by atoms with van der Waals surface area (Å²) in [5.74, 6) is -1.87. The number of methoxy groups -OCH3 is 1. The van der Waals surface area contributed by atoms with Gasteiger partial charge in [-0.1, -0.05) is 6.92 Å². The Morgan fingerprint density at radius 3 is 2.14 bits per heavy atom. The first-order valence-electron chi connectivity index (χ1n) is 13.6. The van der Waals surface area contributed by atoms with Crippen molar-refractivity contribution in [1.29, 1.82) is 0 Å². The van der Waals surface area contributed by atoms with Crippen LogP contribution in [-0.4, -0.2) is 53.6 Å². The van der Waals surface area contributed by atoms with Gasteiger partial charge in [0.2, 0.25) is 0 Å². The summed E-state index contributed by atoms with van der Waals surface area (Å²) in [5, 5.41) is 2.70. The lowest BCUT2D eigenvalue weighted by Crippen LogP contribution is -2.32. The second kappa shape index (κ2) is 12.9. The van der Waals surface area contributed by atoms with Gasteiger partial charge < -0.3 is 28.4 Å². The molecule has 0 saturated heterocycles. The number of rotatable bonds is 10. The van der Waals surface area contributed by atoms with E-state index < -0.39 is 29.9 Å². The van der Waals surface area contributed by atoms with Crippen LogP contribution in [0.2, 0.25) is 0 Å². The van der Waals surface area contributed by atoms with Gasteiger partial charge in [0.25, 0.3) is 5.91 Å². The zero-order valence-corrected chi connectivity index (χ0v) is 25.0. The second-order valence-corrected chi connectivity index (χ2v) is 10.4. The average molecular weight is 618 g/mol. The zero-order valence-electron chi connectivity index (χ0n) is 24.2. The summed E-state index contributed by atoms with van der Waals surface area (Å²) in [7, 11) is 1.19. The Kier molecular flexibility index (Phi) is 8.86. The molecule has 0 spiro atoms. The van der Waals surface area contributed by atoms with Gasteiger partial charge in [-0.25, -0.2) is 24.4 Å². The predicted octanol–water partition coefficient (Wildman–Crippen LogP) is 6.06. The van der Waals surface area contributed by atoms with Gasteiger partial charge in [0.15, 0.2) is 17.6 Å². The van der Waals surface area contributed by atoms with Crippen LogP contribution in [0.15, 0.2) is 63.8 Å². The number of anilines is 1. The van der Waals surface area contributed by atoms with E-state index in [-0.39, 0.29) is 34.0 Å². The normalized spacial score (nSPS) is 11.6. The van der Waals surface area contributed by atoms with Crippen LogP contribution in [0.4, 0.5) is 5.00 Å². The van der Waals surface area contributed by atoms with Crippen LogP contribution in [0.5, 0.6) is 0 Å². The third-order valence-electron chi connectivity index (χ3n) is 6.56. The van der Waals surface area contributed by atoms with Crippen LogP contribution in [0, 0.1) is 6.92 Å². The molecule has 5 rings (SSSR count). The number of aromatic nitrogens is 2. The fourth-order valence-corrected chi connectivity index (χ4v) is 5.50. The van der Waals surface area contributed by atoms with E-state index in [0.29, 0.717) is 39.5 Å². The third-order valence-corrected chi connectivity index (χ3v) is 7.74. The number of amides is 1. The van der Waals surface area contributed by atoms with Crippen LogP contribution in [0.3, 0.4) is 0 Å². The molecule has 0 aliphatic heterocycles. The SMILES string of the molecule is CCOC(=O)c1sc(NC(=O)C(CC)OC(=O)c2ccc3nc(-c4ccco4)c(-c4ccco4)nc3c2)c(C(=O)OC)c1C. The molecule has 0 saturated carbocycles. The fraction of sp³-hybridized carbons (Fsp3) is 0.226. The number of carbonyl (C=O) groups is 4. The molecular formula is C31H27N3O9S. The molecule has 4 heterocycles. The van der Waals surface area contributed by atoms with Crippen LogP contribution < -0.4 is 5.32 Å². The summed E-state index contributed by atoms with van der Waals surface area (Å²) in [4.78, 5) is 60.9. The summed E-state index contributed by atoms with van der Waals surface area (Å²) in [6, 6.07) is 11.6. The van der Waals surface area contributed by atoms with Gasteiger partial charge in [-0.3, -0.25) is 4.79 Å². The van der Waals surface area contributed by atoms with Crippen molar-refractivity contribution in [1.82, 2.24) is 9.97 Å². The number of thiophene rings is 1. The molecule has 1 atom stereocenters. The van der Waals surface area contributed by atoms with Crippen molar-refractivity contribution in [2.24, 2.45) is 0 Å². The predicted molar refractivity (Wildman–Crippen MR) is 159 cm³/mol. The molecule has 1 aromatic carbocycles. The molecule has 1 amide bonds. The van der Waals surface area contributed by atoms with Gasteiger partial charge in [-0.2, -0.15) is 0 Å². The van der Waals surface area contributed by atoms with Gasteiger partial charge in [-0.05, 0) is 68.3 Å². The van der Waals surface area contributed by atoms with Crippen molar-refractivity contribution in [2.75, 3.05) is 19.0 Å². The maximum atomic E-state index is 13.2. The van der Waals surface area contributed by atoms with E-state index in [9.17, 15) is 19.2 Å². The minimum atomic E-state index is -1.22. The molecule has 0 aliphatic rings. The Hall–Kier alpha value is -5.30. The highest BCUT2D eigenvalue weighted by molar-refractivity contribution is 7.18. The van der Waals surface area contributed by atoms with Gasteiger partial charge in [0.05, 0.1) is 48.4 Å². The molecule has 44 heavy (non-hydrogen) atoms. The molecule has 5 aromatic rings. The number of furan rings is 2. The molecule has 226 valence electrons. The monoisotopic (exact) mass is 617 g/mol. The fourth-order valence-electron chi connectivity index (χ4n) is 4.40. The highest BCUT2D eigenvalue weighted by Gasteiger charge is 2.30. The Morgan fingerprint density at radius 1 is 0.909 bits per heavy atom. The topological polar surface area (TPSA) is 160 Å². The van der Waals surface area contributed by atoms with E-state index in [1.54, 1.807) is 51.1 Å². The van der Waals surface area contributed by atoms with Crippen molar-refractivity contribution in [3.8, 4) is 22.9 Å². The van der Waals surface area contributed by atoms with E-state index >= 15 is 0 Å². The standard InChI is InChI=1S/C31H27N3O9S/c1-5-20(27(35)34-28-23(30(37)39-4)16(3)26(44-28)31(38)40-6-2)43-29(36)17-11-12-18-19(15-17)33-25(22-10-8-14-42-22)24(32-18)21-9-7-13-41-21/h7-15,20H,5-6H2,1-4H3,(H,34,35). The summed E-state index contributed by atoms with van der Waals surface area (Å²) in [6.45, 7) is 5.01. The zero-order chi connectivity index (χ0) is 31.4. The minimum Gasteiger partial charge on any atom is -0.465 e. The lowest BCUT2D eigenvalue weighted by Gasteiger charge is -2.16. The molecule has 12 nitrogen and oxygen atoms in total. The van der Waals surface area contributed by atoms with E-state index in [1.165, 1.54) is 31.8 Å². The molecule has 0 bridgehead atoms. The first kappa shape index (κ1) is 30.2. The number of carbonyl (C=O) groups excluding carboxylic acids is 4. The number of ether oxygens (including phenoxy) is 3. The molecular weight excluding hydrogens is 590 g/mol.